The third kappa shape index (κ3) is 6.71. The number of esters is 1. The molecule has 6 heteroatoms. The van der Waals surface area contributed by atoms with Crippen molar-refractivity contribution in [3.8, 4) is 0 Å². The monoisotopic (exact) mass is 256 g/mol. The minimum absolute atomic E-state index is 0.0425. The molecule has 5 nitrogen and oxygen atoms in total. The summed E-state index contributed by atoms with van der Waals surface area (Å²) in [6.45, 7) is 14.6. The van der Waals surface area contributed by atoms with Crippen LogP contribution in [0.15, 0.2) is 12.3 Å². The zero-order valence-electron chi connectivity index (χ0n) is 11.3. The number of carbonyl (C=O) groups is 1. The van der Waals surface area contributed by atoms with Crippen LogP contribution in [-0.2, 0) is 14.0 Å². The van der Waals surface area contributed by atoms with E-state index in [4.69, 9.17) is 14.7 Å². The van der Waals surface area contributed by atoms with E-state index in [0.29, 0.717) is 0 Å². The van der Waals surface area contributed by atoms with Crippen molar-refractivity contribution >= 4 is 20.0 Å². The molecule has 0 atom stereocenters. The van der Waals surface area contributed by atoms with Gasteiger partial charge in [0.1, 0.15) is 5.60 Å². The van der Waals surface area contributed by atoms with E-state index in [0.717, 1.165) is 0 Å². The molecule has 0 spiro atoms. The van der Waals surface area contributed by atoms with Gasteiger partial charge >= 0.3 is 11.7 Å². The second kappa shape index (κ2) is 5.29. The highest BCUT2D eigenvalue weighted by Crippen LogP contribution is 2.13. The SMILES string of the molecule is C=C(O[Si](C)(C)C)C(=[N+]=[N-])C(=O)OC(C)(C)C. The van der Waals surface area contributed by atoms with Gasteiger partial charge in [-0.2, -0.15) is 4.79 Å². The number of hydrogen-bond donors (Lipinski definition) is 0. The molecule has 0 aromatic carbocycles. The topological polar surface area (TPSA) is 71.9 Å². The Labute approximate surface area is 103 Å². The van der Waals surface area contributed by atoms with Crippen LogP contribution in [0.25, 0.3) is 5.53 Å². The molecule has 96 valence electrons. The summed E-state index contributed by atoms with van der Waals surface area (Å²) in [5.74, 6) is -0.704. The number of carbonyl (C=O) groups excluding carboxylic acids is 1. The van der Waals surface area contributed by atoms with Crippen LogP contribution >= 0.6 is 0 Å². The van der Waals surface area contributed by atoms with Gasteiger partial charge in [0.15, 0.2) is 5.76 Å². The van der Waals surface area contributed by atoms with Crippen LogP contribution < -0.4 is 0 Å². The van der Waals surface area contributed by atoms with Crippen molar-refractivity contribution in [3.05, 3.63) is 17.9 Å². The van der Waals surface area contributed by atoms with Gasteiger partial charge in [0.2, 0.25) is 8.32 Å². The number of hydrogen-bond acceptors (Lipinski definition) is 3. The molecule has 0 rings (SSSR count). The summed E-state index contributed by atoms with van der Waals surface area (Å²) in [6.07, 6.45) is 0. The number of rotatable bonds is 4. The first-order valence-corrected chi connectivity index (χ1v) is 8.71. The maximum atomic E-state index is 11.7. The van der Waals surface area contributed by atoms with E-state index in [1.807, 2.05) is 19.6 Å². The Bertz CT molecular complexity index is 341. The van der Waals surface area contributed by atoms with Crippen LogP contribution in [0.4, 0.5) is 0 Å². The molecule has 0 aliphatic carbocycles. The van der Waals surface area contributed by atoms with E-state index in [9.17, 15) is 4.79 Å². The summed E-state index contributed by atoms with van der Waals surface area (Å²) in [7, 11) is -1.90. The summed E-state index contributed by atoms with van der Waals surface area (Å²) >= 11 is 0. The normalized spacial score (nSPS) is 11.4. The Morgan fingerprint density at radius 1 is 1.29 bits per heavy atom. The average molecular weight is 256 g/mol. The van der Waals surface area contributed by atoms with Crippen LogP contribution in [-0.4, -0.2) is 30.4 Å². The van der Waals surface area contributed by atoms with Crippen LogP contribution in [0.2, 0.25) is 19.6 Å². The Morgan fingerprint density at radius 3 is 2.06 bits per heavy atom. The summed E-state index contributed by atoms with van der Waals surface area (Å²) in [6, 6.07) is 0. The molecule has 0 bridgehead atoms. The second-order valence-corrected chi connectivity index (χ2v) is 10.0. The van der Waals surface area contributed by atoms with E-state index in [2.05, 4.69) is 11.4 Å². The molecule has 0 saturated heterocycles. The predicted octanol–water partition coefficient (Wildman–Crippen LogP) is 2.36. The predicted molar refractivity (Wildman–Crippen MR) is 68.0 cm³/mol. The third-order valence-corrected chi connectivity index (χ3v) is 2.24. The van der Waals surface area contributed by atoms with Gasteiger partial charge in [0.05, 0.1) is 0 Å². The molecule has 0 aliphatic rings. The zero-order chi connectivity index (χ0) is 13.9. The lowest BCUT2D eigenvalue weighted by Crippen LogP contribution is -2.34. The van der Waals surface area contributed by atoms with Crippen LogP contribution in [0, 0.1) is 0 Å². The molecule has 0 radical (unpaired) electrons. The Kier molecular flexibility index (Phi) is 4.86. The van der Waals surface area contributed by atoms with Gasteiger partial charge in [0.25, 0.3) is 0 Å². The minimum Gasteiger partial charge on any atom is -0.539 e. The molecule has 0 aromatic rings. The van der Waals surface area contributed by atoms with E-state index in [-0.39, 0.29) is 11.5 Å². The fourth-order valence-corrected chi connectivity index (χ4v) is 1.79. The fourth-order valence-electron chi connectivity index (χ4n) is 0.955. The van der Waals surface area contributed by atoms with Crippen LogP contribution in [0.1, 0.15) is 20.8 Å². The lowest BCUT2D eigenvalue weighted by atomic mass is 10.2. The first-order chi connectivity index (χ1) is 7.46. The van der Waals surface area contributed by atoms with Crippen molar-refractivity contribution in [1.82, 2.24) is 0 Å². The van der Waals surface area contributed by atoms with Gasteiger partial charge in [-0.3, -0.25) is 0 Å². The molecule has 0 amide bonds. The molecular formula is C11H20N2O3Si. The highest BCUT2D eigenvalue weighted by atomic mass is 28.4. The van der Waals surface area contributed by atoms with Gasteiger partial charge in [0, 0.05) is 0 Å². The van der Waals surface area contributed by atoms with Gasteiger partial charge in [-0.1, -0.05) is 0 Å². The summed E-state index contributed by atoms with van der Waals surface area (Å²) in [4.78, 5) is 14.6. The van der Waals surface area contributed by atoms with E-state index in [1.54, 1.807) is 20.8 Å². The van der Waals surface area contributed by atoms with Gasteiger partial charge in [-0.15, -0.1) is 0 Å². The van der Waals surface area contributed by atoms with Crippen molar-refractivity contribution in [2.75, 3.05) is 0 Å². The van der Waals surface area contributed by atoms with Gasteiger partial charge in [-0.05, 0) is 47.0 Å². The highest BCUT2D eigenvalue weighted by molar-refractivity contribution is 6.70. The van der Waals surface area contributed by atoms with Crippen molar-refractivity contribution in [2.45, 2.75) is 46.0 Å². The first-order valence-electron chi connectivity index (χ1n) is 5.30. The van der Waals surface area contributed by atoms with Crippen molar-refractivity contribution in [3.63, 3.8) is 0 Å². The summed E-state index contributed by atoms with van der Waals surface area (Å²) < 4.78 is 10.6. The highest BCUT2D eigenvalue weighted by Gasteiger charge is 2.33. The fraction of sp³-hybridized carbons (Fsp3) is 0.636. The van der Waals surface area contributed by atoms with E-state index in [1.165, 1.54) is 0 Å². The maximum absolute atomic E-state index is 11.7. The lowest BCUT2D eigenvalue weighted by Gasteiger charge is -2.20. The quantitative estimate of drug-likeness (QED) is 0.193. The molecule has 17 heavy (non-hydrogen) atoms. The average Bonchev–Trinajstić information content (AvgIpc) is 1.96. The maximum Gasteiger partial charge on any atom is 0.438 e. The summed E-state index contributed by atoms with van der Waals surface area (Å²) in [5.41, 5.74) is 7.87. The molecular weight excluding hydrogens is 236 g/mol. The standard InChI is InChI=1S/C11H20N2O3Si/c1-8(16-17(5,6)7)9(13-12)10(14)15-11(2,3)4/h1H2,2-7H3. The molecule has 0 saturated carbocycles. The van der Waals surface area contributed by atoms with Crippen molar-refractivity contribution < 1.29 is 18.7 Å². The van der Waals surface area contributed by atoms with Gasteiger partial charge in [-0.25, -0.2) is 4.79 Å². The Hall–Kier alpha value is -1.39. The minimum atomic E-state index is -1.90. The first kappa shape index (κ1) is 15.6. The molecule has 0 aliphatic heterocycles. The second-order valence-electron chi connectivity index (χ2n) is 5.59. The Morgan fingerprint density at radius 2 is 1.76 bits per heavy atom. The van der Waals surface area contributed by atoms with Crippen molar-refractivity contribution in [1.29, 1.82) is 0 Å². The Balaban J connectivity index is 4.83. The van der Waals surface area contributed by atoms with Gasteiger partial charge < -0.3 is 14.7 Å². The smallest absolute Gasteiger partial charge is 0.438 e. The molecule has 0 fully saturated rings. The molecule has 0 unspecified atom stereocenters. The molecule has 0 aromatic heterocycles. The molecule has 0 N–H and O–H groups in total. The lowest BCUT2D eigenvalue weighted by molar-refractivity contribution is -0.150. The number of nitrogens with zero attached hydrogens (tertiary/aromatic N) is 2. The zero-order valence-corrected chi connectivity index (χ0v) is 12.3. The largest absolute Gasteiger partial charge is 0.539 e. The third-order valence-electron chi connectivity index (χ3n) is 1.39. The summed E-state index contributed by atoms with van der Waals surface area (Å²) in [5, 5.41) is 0. The van der Waals surface area contributed by atoms with E-state index < -0.39 is 19.9 Å². The van der Waals surface area contributed by atoms with E-state index >= 15 is 0 Å². The molecule has 0 heterocycles. The van der Waals surface area contributed by atoms with Crippen LogP contribution in [0.5, 0.6) is 0 Å². The van der Waals surface area contributed by atoms with Crippen molar-refractivity contribution in [2.24, 2.45) is 0 Å². The number of ether oxygens (including phenoxy) is 1. The van der Waals surface area contributed by atoms with Crippen LogP contribution in [0.3, 0.4) is 0 Å².